The monoisotopic (exact) mass is 484 g/mol. The molecule has 178 valence electrons. The number of carbonyl (C=O) groups is 3. The van der Waals surface area contributed by atoms with Crippen LogP contribution >= 0.6 is 11.8 Å². The lowest BCUT2D eigenvalue weighted by Crippen LogP contribution is -2.45. The Labute approximate surface area is 201 Å². The molecule has 0 bridgehead atoms. The van der Waals surface area contributed by atoms with Gasteiger partial charge in [-0.3, -0.25) is 19.3 Å². The second-order valence-electron chi connectivity index (χ2n) is 8.21. The Bertz CT molecular complexity index is 1100. The zero-order chi connectivity index (χ0) is 24.2. The molecule has 3 heterocycles. The molecule has 2 aromatic rings. The number of carbonyl (C=O) groups excluding carboxylic acids is 3. The van der Waals surface area contributed by atoms with Gasteiger partial charge in [-0.1, -0.05) is 12.1 Å². The van der Waals surface area contributed by atoms with Gasteiger partial charge in [0, 0.05) is 32.4 Å². The van der Waals surface area contributed by atoms with Gasteiger partial charge in [0.25, 0.3) is 17.1 Å². The number of hydrogen-bond donors (Lipinski definition) is 1. The highest BCUT2D eigenvalue weighted by Crippen LogP contribution is 2.31. The second kappa shape index (κ2) is 10.4. The van der Waals surface area contributed by atoms with Gasteiger partial charge in [-0.2, -0.15) is 0 Å². The Morgan fingerprint density at radius 2 is 1.88 bits per heavy atom. The third-order valence-corrected chi connectivity index (χ3v) is 6.32. The predicted octanol–water partition coefficient (Wildman–Crippen LogP) is 3.30. The van der Waals surface area contributed by atoms with Crippen molar-refractivity contribution in [2.24, 2.45) is 0 Å². The van der Waals surface area contributed by atoms with E-state index in [9.17, 15) is 18.8 Å². The predicted molar refractivity (Wildman–Crippen MR) is 128 cm³/mol. The maximum Gasteiger partial charge on any atom is 0.293 e. The molecule has 0 aliphatic carbocycles. The molecule has 2 atom stereocenters. The molecule has 1 aromatic heterocycles. The summed E-state index contributed by atoms with van der Waals surface area (Å²) in [5.41, 5.74) is 1.01. The third kappa shape index (κ3) is 5.63. The molecular weight excluding hydrogens is 459 g/mol. The molecule has 3 amide bonds. The highest BCUT2D eigenvalue weighted by Gasteiger charge is 2.34. The van der Waals surface area contributed by atoms with Crippen LogP contribution in [0.4, 0.5) is 15.0 Å². The van der Waals surface area contributed by atoms with Crippen LogP contribution in [0, 0.1) is 5.82 Å². The largest absolute Gasteiger partial charge is 0.372 e. The molecule has 34 heavy (non-hydrogen) atoms. The van der Waals surface area contributed by atoms with Crippen molar-refractivity contribution < 1.29 is 23.5 Å². The molecule has 0 spiro atoms. The fourth-order valence-corrected chi connectivity index (χ4v) is 4.72. The molecule has 2 fully saturated rings. The van der Waals surface area contributed by atoms with Crippen molar-refractivity contribution in [3.63, 3.8) is 0 Å². The number of thioether (sulfide) groups is 1. The molecule has 4 rings (SSSR count). The van der Waals surface area contributed by atoms with Crippen molar-refractivity contribution in [3.8, 4) is 0 Å². The van der Waals surface area contributed by atoms with E-state index >= 15 is 0 Å². The van der Waals surface area contributed by atoms with Gasteiger partial charge in [0.2, 0.25) is 0 Å². The quantitative estimate of drug-likeness (QED) is 0.629. The van der Waals surface area contributed by atoms with Crippen molar-refractivity contribution in [1.29, 1.82) is 0 Å². The zero-order valence-corrected chi connectivity index (χ0v) is 19.7. The lowest BCUT2D eigenvalue weighted by Gasteiger charge is -2.36. The Morgan fingerprint density at radius 1 is 1.18 bits per heavy atom. The van der Waals surface area contributed by atoms with Crippen molar-refractivity contribution in [2.75, 3.05) is 31.1 Å². The normalized spacial score (nSPS) is 21.9. The summed E-state index contributed by atoms with van der Waals surface area (Å²) in [5.74, 6) is -0.370. The number of rotatable bonds is 6. The average Bonchev–Trinajstić information content (AvgIpc) is 3.07. The van der Waals surface area contributed by atoms with Crippen LogP contribution in [0.5, 0.6) is 0 Å². The number of benzene rings is 1. The van der Waals surface area contributed by atoms with Gasteiger partial charge in [0.1, 0.15) is 11.6 Å². The lowest BCUT2D eigenvalue weighted by molar-refractivity contribution is -0.122. The number of amides is 3. The van der Waals surface area contributed by atoms with Gasteiger partial charge in [-0.05, 0) is 61.5 Å². The van der Waals surface area contributed by atoms with Crippen molar-refractivity contribution in [1.82, 2.24) is 15.2 Å². The molecule has 2 aliphatic heterocycles. The van der Waals surface area contributed by atoms with Gasteiger partial charge in [0.05, 0.1) is 22.7 Å². The molecule has 2 unspecified atom stereocenters. The fraction of sp³-hybridized carbons (Fsp3) is 0.333. The summed E-state index contributed by atoms with van der Waals surface area (Å²) in [4.78, 5) is 45.2. The van der Waals surface area contributed by atoms with Crippen LogP contribution in [0.25, 0.3) is 6.08 Å². The van der Waals surface area contributed by atoms with Gasteiger partial charge < -0.3 is 15.0 Å². The van der Waals surface area contributed by atoms with Crippen LogP contribution in [-0.4, -0.2) is 65.3 Å². The van der Waals surface area contributed by atoms with Crippen molar-refractivity contribution in [2.45, 2.75) is 26.1 Å². The minimum absolute atomic E-state index is 0.0478. The molecule has 0 saturated carbocycles. The van der Waals surface area contributed by atoms with Crippen molar-refractivity contribution >= 4 is 40.7 Å². The minimum atomic E-state index is -0.437. The van der Waals surface area contributed by atoms with Gasteiger partial charge in [0.15, 0.2) is 0 Å². The Hall–Kier alpha value is -3.24. The molecule has 1 N–H and O–H groups in total. The van der Waals surface area contributed by atoms with E-state index in [0.29, 0.717) is 11.1 Å². The molecule has 8 nitrogen and oxygen atoms in total. The van der Waals surface area contributed by atoms with E-state index in [0.717, 1.165) is 35.6 Å². The standard InChI is InChI=1S/C24H25FN4O4S/c1-15-13-28(14-16(2)33-15)21-8-5-18(12-27-21)22(30)26-9-10-29-23(31)20(34-24(29)32)11-17-3-6-19(25)7-4-17/h3-8,11-12,15-16H,9-10,13-14H2,1-2H3,(H,26,30)/b20-11-. The average molecular weight is 485 g/mol. The summed E-state index contributed by atoms with van der Waals surface area (Å²) in [6, 6.07) is 9.14. The van der Waals surface area contributed by atoms with Gasteiger partial charge in [-0.15, -0.1) is 0 Å². The van der Waals surface area contributed by atoms with E-state index in [1.54, 1.807) is 18.2 Å². The number of anilines is 1. The maximum atomic E-state index is 13.1. The lowest BCUT2D eigenvalue weighted by atomic mass is 10.2. The maximum absolute atomic E-state index is 13.1. The van der Waals surface area contributed by atoms with Crippen LogP contribution in [0.15, 0.2) is 47.5 Å². The Balaban J connectivity index is 1.30. The molecule has 2 saturated heterocycles. The van der Waals surface area contributed by atoms with Crippen molar-refractivity contribution in [3.05, 3.63) is 64.4 Å². The smallest absolute Gasteiger partial charge is 0.293 e. The number of nitrogens with zero attached hydrogens (tertiary/aromatic N) is 3. The molecule has 10 heteroatoms. The number of morpholine rings is 1. The van der Waals surface area contributed by atoms with E-state index in [4.69, 9.17) is 4.74 Å². The highest BCUT2D eigenvalue weighted by atomic mass is 32.2. The first-order valence-electron chi connectivity index (χ1n) is 11.0. The molecular formula is C24H25FN4O4S. The zero-order valence-electron chi connectivity index (χ0n) is 18.9. The van der Waals surface area contributed by atoms with Gasteiger partial charge in [-0.25, -0.2) is 9.37 Å². The van der Waals surface area contributed by atoms with Crippen LogP contribution in [0.2, 0.25) is 0 Å². The number of hydrogen-bond acceptors (Lipinski definition) is 7. The Morgan fingerprint density at radius 3 is 2.53 bits per heavy atom. The summed E-state index contributed by atoms with van der Waals surface area (Å²) in [6.45, 7) is 5.65. The van der Waals surface area contributed by atoms with E-state index < -0.39 is 11.1 Å². The van der Waals surface area contributed by atoms with Crippen LogP contribution in [0.3, 0.4) is 0 Å². The van der Waals surface area contributed by atoms with E-state index in [1.807, 2.05) is 13.8 Å². The fourth-order valence-electron chi connectivity index (χ4n) is 3.86. The summed E-state index contributed by atoms with van der Waals surface area (Å²) >= 11 is 0.820. The van der Waals surface area contributed by atoms with E-state index in [2.05, 4.69) is 15.2 Å². The summed E-state index contributed by atoms with van der Waals surface area (Å²) in [7, 11) is 0. The Kier molecular flexibility index (Phi) is 7.28. The molecule has 2 aliphatic rings. The molecule has 1 aromatic carbocycles. The topological polar surface area (TPSA) is 91.8 Å². The van der Waals surface area contributed by atoms with Crippen LogP contribution in [0.1, 0.15) is 29.8 Å². The number of ether oxygens (including phenoxy) is 1. The van der Waals surface area contributed by atoms with Crippen LogP contribution in [-0.2, 0) is 9.53 Å². The first kappa shape index (κ1) is 23.9. The number of aromatic nitrogens is 1. The summed E-state index contributed by atoms with van der Waals surface area (Å²) in [6.07, 6.45) is 3.27. The van der Waals surface area contributed by atoms with E-state index in [-0.39, 0.29) is 41.9 Å². The van der Waals surface area contributed by atoms with E-state index in [1.165, 1.54) is 30.5 Å². The number of pyridine rings is 1. The minimum Gasteiger partial charge on any atom is -0.372 e. The summed E-state index contributed by atoms with van der Waals surface area (Å²) < 4.78 is 18.8. The first-order chi connectivity index (χ1) is 16.3. The molecule has 0 radical (unpaired) electrons. The van der Waals surface area contributed by atoms with Gasteiger partial charge >= 0.3 is 0 Å². The summed E-state index contributed by atoms with van der Waals surface area (Å²) in [5, 5.41) is 2.31. The van der Waals surface area contributed by atoms with Crippen LogP contribution < -0.4 is 10.2 Å². The first-order valence-corrected chi connectivity index (χ1v) is 11.8. The third-order valence-electron chi connectivity index (χ3n) is 5.42. The SMILES string of the molecule is CC1CN(c2ccc(C(=O)NCCN3C(=O)S/C(=C\c4ccc(F)cc4)C3=O)cn2)CC(C)O1. The number of halogens is 1. The second-order valence-corrected chi connectivity index (χ2v) is 9.20. The number of imide groups is 1. The highest BCUT2D eigenvalue weighted by molar-refractivity contribution is 8.18. The number of nitrogens with one attached hydrogen (secondary N) is 1.